The maximum Gasteiger partial charge on any atom is 0.240 e. The van der Waals surface area contributed by atoms with E-state index in [-0.39, 0.29) is 0 Å². The lowest BCUT2D eigenvalue weighted by Crippen LogP contribution is -1.73. The first kappa shape index (κ1) is 13.4. The molecule has 68 valence electrons. The Labute approximate surface area is 74.7 Å². The number of aliphatic imine (C=N–C) groups is 1. The molecule has 0 aliphatic carbocycles. The summed E-state index contributed by atoms with van der Waals surface area (Å²) in [6.07, 6.45) is 7.03. The van der Waals surface area contributed by atoms with Gasteiger partial charge in [-0.2, -0.15) is 4.99 Å². The second-order valence-corrected chi connectivity index (χ2v) is 1.88. The average molecular weight is 167 g/mol. The molecule has 0 aromatic rings. The average Bonchev–Trinajstić information content (AvgIpc) is 2.09. The van der Waals surface area contributed by atoms with Gasteiger partial charge in [-0.15, -0.1) is 0 Å². The van der Waals surface area contributed by atoms with Crippen LogP contribution in [0.4, 0.5) is 0 Å². The van der Waals surface area contributed by atoms with Gasteiger partial charge in [0, 0.05) is 5.70 Å². The topological polar surface area (TPSA) is 29.4 Å². The Morgan fingerprint density at radius 1 is 1.58 bits per heavy atom. The Bertz CT molecular complexity index is 176. The molecular formula is C10H17NO. The third-order valence-corrected chi connectivity index (χ3v) is 1.04. The van der Waals surface area contributed by atoms with Gasteiger partial charge in [0.2, 0.25) is 6.08 Å². The molecule has 0 heterocycles. The summed E-state index contributed by atoms with van der Waals surface area (Å²) in [6, 6.07) is 0. The molecule has 2 heteroatoms. The Morgan fingerprint density at radius 3 is 2.58 bits per heavy atom. The van der Waals surface area contributed by atoms with Crippen molar-refractivity contribution >= 4 is 6.08 Å². The van der Waals surface area contributed by atoms with Gasteiger partial charge in [0.1, 0.15) is 0 Å². The highest BCUT2D eigenvalue weighted by molar-refractivity contribution is 5.36. The van der Waals surface area contributed by atoms with Gasteiger partial charge < -0.3 is 0 Å². The standard InChI is InChI=1S/C8H11NO.C2H6/c1-3-4-5-6-8(2)9-7-10;1-2/h3-4H,2,5-6H2,1H3;1-2H3/b4-3-;. The number of rotatable bonds is 4. The summed E-state index contributed by atoms with van der Waals surface area (Å²) in [5.74, 6) is 0. The number of hydrogen-bond acceptors (Lipinski definition) is 2. The second-order valence-electron chi connectivity index (χ2n) is 1.88. The summed E-state index contributed by atoms with van der Waals surface area (Å²) < 4.78 is 0. The maximum absolute atomic E-state index is 9.68. The van der Waals surface area contributed by atoms with Crippen molar-refractivity contribution < 1.29 is 4.79 Å². The highest BCUT2D eigenvalue weighted by Crippen LogP contribution is 2.02. The molecule has 0 radical (unpaired) electrons. The SMILES string of the molecule is C=C(CC/C=C\C)N=C=O.CC. The molecule has 0 saturated carbocycles. The van der Waals surface area contributed by atoms with E-state index in [1.54, 1.807) is 0 Å². The van der Waals surface area contributed by atoms with Crippen LogP contribution in [0.25, 0.3) is 0 Å². The molecule has 2 nitrogen and oxygen atoms in total. The molecule has 0 aliphatic heterocycles. The molecule has 0 atom stereocenters. The molecule has 0 rings (SSSR count). The number of allylic oxidation sites excluding steroid dienone is 3. The molecule has 0 bridgehead atoms. The fraction of sp³-hybridized carbons (Fsp3) is 0.500. The quantitative estimate of drug-likeness (QED) is 0.359. The van der Waals surface area contributed by atoms with E-state index >= 15 is 0 Å². The highest BCUT2D eigenvalue weighted by atomic mass is 16.1. The molecule has 0 fully saturated rings. The van der Waals surface area contributed by atoms with Gasteiger partial charge in [-0.05, 0) is 19.8 Å². The van der Waals surface area contributed by atoms with Crippen LogP contribution >= 0.6 is 0 Å². The Balaban J connectivity index is 0. The first-order chi connectivity index (χ1) is 5.81. The Morgan fingerprint density at radius 2 is 2.17 bits per heavy atom. The third-order valence-electron chi connectivity index (χ3n) is 1.04. The van der Waals surface area contributed by atoms with Crippen molar-refractivity contribution in [1.29, 1.82) is 0 Å². The molecule has 0 amide bonds. The van der Waals surface area contributed by atoms with Crippen molar-refractivity contribution in [1.82, 2.24) is 0 Å². The van der Waals surface area contributed by atoms with Gasteiger partial charge in [0.05, 0.1) is 0 Å². The minimum absolute atomic E-state index is 0.591. The van der Waals surface area contributed by atoms with Crippen molar-refractivity contribution in [2.24, 2.45) is 4.99 Å². The Hall–Kier alpha value is -1.14. The molecule has 0 aliphatic rings. The lowest BCUT2D eigenvalue weighted by molar-refractivity contribution is 0.564. The molecule has 12 heavy (non-hydrogen) atoms. The molecule has 0 aromatic heterocycles. The first-order valence-corrected chi connectivity index (χ1v) is 4.18. The van der Waals surface area contributed by atoms with Crippen LogP contribution in [-0.2, 0) is 4.79 Å². The summed E-state index contributed by atoms with van der Waals surface area (Å²) in [7, 11) is 0. The normalized spacial score (nSPS) is 8.25. The molecule has 0 saturated heterocycles. The second kappa shape index (κ2) is 12.5. The van der Waals surface area contributed by atoms with Crippen LogP contribution in [0.2, 0.25) is 0 Å². The number of carbonyl (C=O) groups excluding carboxylic acids is 1. The van der Waals surface area contributed by atoms with Crippen molar-refractivity contribution in [2.75, 3.05) is 0 Å². The van der Waals surface area contributed by atoms with Crippen LogP contribution < -0.4 is 0 Å². The van der Waals surface area contributed by atoms with E-state index in [0.717, 1.165) is 12.8 Å². The van der Waals surface area contributed by atoms with Crippen LogP contribution in [-0.4, -0.2) is 6.08 Å². The van der Waals surface area contributed by atoms with E-state index in [1.165, 1.54) is 6.08 Å². The number of nitrogens with zero attached hydrogens (tertiary/aromatic N) is 1. The fourth-order valence-electron chi connectivity index (χ4n) is 0.537. The Kier molecular flexibility index (Phi) is 14.0. The van der Waals surface area contributed by atoms with Gasteiger partial charge in [-0.1, -0.05) is 32.6 Å². The van der Waals surface area contributed by atoms with Gasteiger partial charge in [-0.3, -0.25) is 0 Å². The van der Waals surface area contributed by atoms with Crippen molar-refractivity contribution in [3.63, 3.8) is 0 Å². The molecule has 0 N–H and O–H groups in total. The first-order valence-electron chi connectivity index (χ1n) is 4.18. The van der Waals surface area contributed by atoms with Gasteiger partial charge in [-0.25, -0.2) is 4.79 Å². The van der Waals surface area contributed by atoms with E-state index in [2.05, 4.69) is 11.6 Å². The molecular weight excluding hydrogens is 150 g/mol. The largest absolute Gasteiger partial charge is 0.240 e. The summed E-state index contributed by atoms with van der Waals surface area (Å²) in [6.45, 7) is 9.50. The lowest BCUT2D eigenvalue weighted by Gasteiger charge is -1.89. The number of hydrogen-bond donors (Lipinski definition) is 0. The highest BCUT2D eigenvalue weighted by Gasteiger charge is 1.86. The summed E-state index contributed by atoms with van der Waals surface area (Å²) in [5.41, 5.74) is 0.591. The predicted molar refractivity (Wildman–Crippen MR) is 52.7 cm³/mol. The molecule has 0 aromatic carbocycles. The van der Waals surface area contributed by atoms with E-state index in [0.29, 0.717) is 5.70 Å². The van der Waals surface area contributed by atoms with Crippen molar-refractivity contribution in [3.8, 4) is 0 Å². The van der Waals surface area contributed by atoms with Gasteiger partial charge >= 0.3 is 0 Å². The summed E-state index contributed by atoms with van der Waals surface area (Å²) in [4.78, 5) is 13.0. The van der Waals surface area contributed by atoms with Crippen LogP contribution in [0, 0.1) is 0 Å². The minimum atomic E-state index is 0.591. The van der Waals surface area contributed by atoms with Crippen LogP contribution in [0.1, 0.15) is 33.6 Å². The zero-order valence-electron chi connectivity index (χ0n) is 8.13. The molecule has 0 unspecified atom stereocenters. The van der Waals surface area contributed by atoms with E-state index < -0.39 is 0 Å². The fourth-order valence-corrected chi connectivity index (χ4v) is 0.537. The van der Waals surface area contributed by atoms with Gasteiger partial charge in [0.25, 0.3) is 0 Å². The predicted octanol–water partition coefficient (Wildman–Crippen LogP) is 3.22. The van der Waals surface area contributed by atoms with Crippen molar-refractivity contribution in [3.05, 3.63) is 24.4 Å². The van der Waals surface area contributed by atoms with Crippen LogP contribution in [0.15, 0.2) is 29.4 Å². The van der Waals surface area contributed by atoms with E-state index in [1.807, 2.05) is 32.9 Å². The zero-order chi connectivity index (χ0) is 9.82. The maximum atomic E-state index is 9.68. The minimum Gasteiger partial charge on any atom is -0.211 e. The number of isocyanates is 1. The zero-order valence-corrected chi connectivity index (χ0v) is 8.13. The van der Waals surface area contributed by atoms with Gasteiger partial charge in [0.15, 0.2) is 0 Å². The van der Waals surface area contributed by atoms with Crippen molar-refractivity contribution in [2.45, 2.75) is 33.6 Å². The van der Waals surface area contributed by atoms with E-state index in [4.69, 9.17) is 0 Å². The summed E-state index contributed by atoms with van der Waals surface area (Å²) >= 11 is 0. The summed E-state index contributed by atoms with van der Waals surface area (Å²) in [5, 5.41) is 0. The smallest absolute Gasteiger partial charge is 0.211 e. The monoisotopic (exact) mass is 167 g/mol. The van der Waals surface area contributed by atoms with Crippen LogP contribution in [0.3, 0.4) is 0 Å². The van der Waals surface area contributed by atoms with E-state index in [9.17, 15) is 4.79 Å². The third kappa shape index (κ3) is 11.6. The molecule has 0 spiro atoms. The lowest BCUT2D eigenvalue weighted by atomic mass is 10.2. The van der Waals surface area contributed by atoms with Crippen LogP contribution in [0.5, 0.6) is 0 Å².